The topological polar surface area (TPSA) is 68.6 Å². The number of benzene rings is 1. The van der Waals surface area contributed by atoms with Crippen LogP contribution in [0.2, 0.25) is 0 Å². The minimum Gasteiger partial charge on any atom is -0.460 e. The molecule has 0 bridgehead atoms. The van der Waals surface area contributed by atoms with E-state index < -0.39 is 12.7 Å². The molecule has 2 atom stereocenters. The second-order valence-corrected chi connectivity index (χ2v) is 6.65. The van der Waals surface area contributed by atoms with Crippen molar-refractivity contribution in [3.05, 3.63) is 30.3 Å². The van der Waals surface area contributed by atoms with E-state index >= 15 is 0 Å². The number of hydrogen-bond donors (Lipinski definition) is 0. The fraction of sp³-hybridized carbons (Fsp3) is 0.529. The normalized spacial score (nSPS) is 21.6. The Morgan fingerprint density at radius 1 is 1.30 bits per heavy atom. The molecule has 0 aliphatic carbocycles. The molecule has 5 nitrogen and oxygen atoms in total. The molecule has 1 aromatic rings. The lowest BCUT2D eigenvalue weighted by molar-refractivity contribution is -0.157. The van der Waals surface area contributed by atoms with Gasteiger partial charge in [0.05, 0.1) is 31.1 Å². The molecule has 1 aromatic carbocycles. The summed E-state index contributed by atoms with van der Waals surface area (Å²) in [5, 5.41) is 8.93. The molecule has 23 heavy (non-hydrogen) atoms. The highest BCUT2D eigenvalue weighted by Crippen LogP contribution is 2.22. The van der Waals surface area contributed by atoms with Crippen LogP contribution in [-0.4, -0.2) is 30.9 Å². The van der Waals surface area contributed by atoms with Crippen LogP contribution >= 0.6 is 0 Å². The summed E-state index contributed by atoms with van der Waals surface area (Å²) in [5.41, 5.74) is 0.358. The second-order valence-electron chi connectivity index (χ2n) is 6.65. The fourth-order valence-electron chi connectivity index (χ4n) is 2.49. The summed E-state index contributed by atoms with van der Waals surface area (Å²) in [7, 11) is -0.560. The molecule has 0 spiro atoms. The Morgan fingerprint density at radius 2 is 1.96 bits per heavy atom. The Balaban J connectivity index is 2.04. The summed E-state index contributed by atoms with van der Waals surface area (Å²) in [6.45, 7) is 5.50. The van der Waals surface area contributed by atoms with E-state index in [1.807, 2.05) is 51.1 Å². The van der Waals surface area contributed by atoms with Crippen LogP contribution in [0.25, 0.3) is 0 Å². The van der Waals surface area contributed by atoms with Crippen molar-refractivity contribution in [2.75, 3.05) is 0 Å². The van der Waals surface area contributed by atoms with Crippen LogP contribution in [0.3, 0.4) is 0 Å². The van der Waals surface area contributed by atoms with Gasteiger partial charge in [-0.3, -0.25) is 4.79 Å². The van der Waals surface area contributed by atoms with Crippen LogP contribution in [0.15, 0.2) is 30.3 Å². The van der Waals surface area contributed by atoms with Gasteiger partial charge in [0.2, 0.25) is 0 Å². The molecule has 0 amide bonds. The van der Waals surface area contributed by atoms with E-state index in [-0.39, 0.29) is 31.0 Å². The Labute approximate surface area is 137 Å². The summed E-state index contributed by atoms with van der Waals surface area (Å²) in [6, 6.07) is 11.7. The number of carbonyl (C=O) groups excluding carboxylic acids is 1. The fourth-order valence-corrected chi connectivity index (χ4v) is 2.49. The van der Waals surface area contributed by atoms with E-state index in [4.69, 9.17) is 19.3 Å². The van der Waals surface area contributed by atoms with Crippen molar-refractivity contribution < 1.29 is 18.8 Å². The van der Waals surface area contributed by atoms with Crippen molar-refractivity contribution in [2.45, 2.75) is 57.8 Å². The number of esters is 1. The lowest BCUT2D eigenvalue weighted by atomic mass is 9.76. The van der Waals surface area contributed by atoms with Gasteiger partial charge >= 0.3 is 13.1 Å². The minimum absolute atomic E-state index is 0.159. The first kappa shape index (κ1) is 17.5. The minimum atomic E-state index is -0.560. The Kier molecular flexibility index (Phi) is 5.81. The van der Waals surface area contributed by atoms with Gasteiger partial charge in [0.1, 0.15) is 5.60 Å². The zero-order valence-electron chi connectivity index (χ0n) is 13.8. The molecule has 2 rings (SSSR count). The van der Waals surface area contributed by atoms with E-state index in [1.165, 1.54) is 0 Å². The Hall–Kier alpha value is -1.84. The molecular weight excluding hydrogens is 293 g/mol. The molecule has 0 unspecified atom stereocenters. The molecule has 6 heteroatoms. The largest absolute Gasteiger partial charge is 0.494 e. The van der Waals surface area contributed by atoms with Gasteiger partial charge in [-0.25, -0.2) is 0 Å². The summed E-state index contributed by atoms with van der Waals surface area (Å²) in [4.78, 5) is 12.0. The molecule has 1 aliphatic heterocycles. The maximum absolute atomic E-state index is 12.0. The van der Waals surface area contributed by atoms with Crippen LogP contribution in [0.4, 0.5) is 0 Å². The third kappa shape index (κ3) is 5.70. The molecule has 0 saturated carbocycles. The standard InChI is InChI=1S/C17H22BNO4/c1-17(2,3)21-16(20)12-15-11-14(9-10-19)22-18(23-15)13-7-5-4-6-8-13/h4-8,14-15H,9,11-12H2,1-3H3/t14-,15+/m0/s1. The van der Waals surface area contributed by atoms with Gasteiger partial charge < -0.3 is 14.0 Å². The highest BCUT2D eigenvalue weighted by molar-refractivity contribution is 6.61. The third-order valence-corrected chi connectivity index (χ3v) is 3.36. The van der Waals surface area contributed by atoms with Gasteiger partial charge in [0.15, 0.2) is 0 Å². The van der Waals surface area contributed by atoms with Gasteiger partial charge in [-0.15, -0.1) is 0 Å². The number of nitriles is 1. The monoisotopic (exact) mass is 315 g/mol. The lowest BCUT2D eigenvalue weighted by Crippen LogP contribution is -2.49. The Morgan fingerprint density at radius 3 is 2.57 bits per heavy atom. The molecular formula is C17H22BNO4. The molecule has 1 fully saturated rings. The highest BCUT2D eigenvalue weighted by atomic mass is 16.6. The number of carbonyl (C=O) groups is 1. The predicted octanol–water partition coefficient (Wildman–Crippen LogP) is 2.20. The van der Waals surface area contributed by atoms with Gasteiger partial charge in [0, 0.05) is 0 Å². The van der Waals surface area contributed by atoms with Crippen LogP contribution in [0, 0.1) is 11.3 Å². The maximum atomic E-state index is 12.0. The molecule has 0 aromatic heterocycles. The summed E-state index contributed by atoms with van der Waals surface area (Å²) >= 11 is 0. The van der Waals surface area contributed by atoms with E-state index in [2.05, 4.69) is 6.07 Å². The Bertz CT molecular complexity index is 564. The average Bonchev–Trinajstić information content (AvgIpc) is 2.46. The second kappa shape index (κ2) is 7.63. The molecule has 1 heterocycles. The van der Waals surface area contributed by atoms with Crippen LogP contribution in [-0.2, 0) is 18.8 Å². The summed E-state index contributed by atoms with van der Waals surface area (Å²) < 4.78 is 17.1. The summed E-state index contributed by atoms with van der Waals surface area (Å²) in [6.07, 6.45) is 0.382. The van der Waals surface area contributed by atoms with Crippen molar-refractivity contribution >= 4 is 18.6 Å². The number of rotatable bonds is 4. The zero-order valence-corrected chi connectivity index (χ0v) is 13.8. The molecule has 0 N–H and O–H groups in total. The molecule has 1 saturated heterocycles. The van der Waals surface area contributed by atoms with Crippen LogP contribution < -0.4 is 5.46 Å². The number of ether oxygens (including phenoxy) is 1. The highest BCUT2D eigenvalue weighted by Gasteiger charge is 2.36. The third-order valence-electron chi connectivity index (χ3n) is 3.36. The lowest BCUT2D eigenvalue weighted by Gasteiger charge is -2.33. The maximum Gasteiger partial charge on any atom is 0.494 e. The number of nitrogens with zero attached hydrogens (tertiary/aromatic N) is 1. The van der Waals surface area contributed by atoms with Gasteiger partial charge in [-0.1, -0.05) is 30.3 Å². The van der Waals surface area contributed by atoms with E-state index in [9.17, 15) is 4.79 Å². The SMILES string of the molecule is CC(C)(C)OC(=O)C[C@H]1C[C@H](CC#N)OB(c2ccccc2)O1. The first-order chi connectivity index (χ1) is 10.9. The zero-order chi connectivity index (χ0) is 16.9. The van der Waals surface area contributed by atoms with Gasteiger partial charge in [-0.05, 0) is 32.7 Å². The van der Waals surface area contributed by atoms with E-state index in [0.717, 1.165) is 5.46 Å². The first-order valence-electron chi connectivity index (χ1n) is 7.82. The quantitative estimate of drug-likeness (QED) is 0.629. The van der Waals surface area contributed by atoms with Crippen LogP contribution in [0.5, 0.6) is 0 Å². The van der Waals surface area contributed by atoms with Crippen molar-refractivity contribution in [1.29, 1.82) is 5.26 Å². The van der Waals surface area contributed by atoms with Crippen molar-refractivity contribution in [2.24, 2.45) is 0 Å². The smallest absolute Gasteiger partial charge is 0.460 e. The molecule has 0 radical (unpaired) electrons. The first-order valence-corrected chi connectivity index (χ1v) is 7.82. The van der Waals surface area contributed by atoms with Crippen molar-refractivity contribution in [3.63, 3.8) is 0 Å². The molecule has 122 valence electrons. The van der Waals surface area contributed by atoms with Crippen molar-refractivity contribution in [1.82, 2.24) is 0 Å². The van der Waals surface area contributed by atoms with E-state index in [0.29, 0.717) is 6.42 Å². The van der Waals surface area contributed by atoms with Crippen molar-refractivity contribution in [3.8, 4) is 6.07 Å². The average molecular weight is 315 g/mol. The van der Waals surface area contributed by atoms with Crippen LogP contribution in [0.1, 0.15) is 40.0 Å². The molecule has 1 aliphatic rings. The van der Waals surface area contributed by atoms with E-state index in [1.54, 1.807) is 0 Å². The van der Waals surface area contributed by atoms with Gasteiger partial charge in [-0.2, -0.15) is 5.26 Å². The number of hydrogen-bond acceptors (Lipinski definition) is 5. The predicted molar refractivity (Wildman–Crippen MR) is 86.9 cm³/mol. The van der Waals surface area contributed by atoms with Gasteiger partial charge in [0.25, 0.3) is 0 Å². The summed E-state index contributed by atoms with van der Waals surface area (Å²) in [5.74, 6) is -0.299.